The number of nitrogens with one attached hydrogen (secondary N) is 1. The second-order valence-corrected chi connectivity index (χ2v) is 5.27. The Morgan fingerprint density at radius 2 is 1.82 bits per heavy atom. The second kappa shape index (κ2) is 5.14. The zero-order valence-corrected chi connectivity index (χ0v) is 9.98. The van der Waals surface area contributed by atoms with Crippen LogP contribution in [0.5, 0.6) is 0 Å². The summed E-state index contributed by atoms with van der Waals surface area (Å²) < 4.78 is 41.9. The van der Waals surface area contributed by atoms with Crippen LogP contribution in [0.4, 0.5) is 13.2 Å². The molecule has 2 nitrogen and oxygen atoms in total. The number of rotatable bonds is 2. The van der Waals surface area contributed by atoms with E-state index in [1.165, 1.54) is 0 Å². The van der Waals surface area contributed by atoms with Crippen molar-refractivity contribution in [1.29, 1.82) is 0 Å². The lowest BCUT2D eigenvalue weighted by Crippen LogP contribution is -2.48. The number of piperidine rings is 1. The van der Waals surface area contributed by atoms with Gasteiger partial charge in [0.2, 0.25) is 0 Å². The van der Waals surface area contributed by atoms with Crippen molar-refractivity contribution in [3.8, 4) is 0 Å². The van der Waals surface area contributed by atoms with Crippen LogP contribution in [0, 0.1) is 5.41 Å². The van der Waals surface area contributed by atoms with Crippen LogP contribution in [-0.2, 0) is 4.74 Å². The molecule has 1 unspecified atom stereocenters. The fraction of sp³-hybridized carbons (Fsp3) is 1.00. The standard InChI is InChI=1S/C12H20F3NO/c13-12(14,15)9-17-10-3-1-2-4-11(10)5-7-16-8-6-11/h10,16H,1-9H2. The van der Waals surface area contributed by atoms with Crippen LogP contribution in [-0.4, -0.2) is 32.0 Å². The summed E-state index contributed by atoms with van der Waals surface area (Å²) in [6.07, 6.45) is 1.45. The fourth-order valence-electron chi connectivity index (χ4n) is 3.23. The molecule has 2 fully saturated rings. The Balaban J connectivity index is 1.96. The minimum atomic E-state index is -4.20. The Bertz CT molecular complexity index is 240. The molecule has 2 rings (SSSR count). The van der Waals surface area contributed by atoms with E-state index < -0.39 is 12.8 Å². The normalized spacial score (nSPS) is 29.5. The molecule has 1 aliphatic carbocycles. The van der Waals surface area contributed by atoms with E-state index in [1.807, 2.05) is 0 Å². The van der Waals surface area contributed by atoms with Gasteiger partial charge in [-0.1, -0.05) is 12.8 Å². The molecule has 1 saturated heterocycles. The van der Waals surface area contributed by atoms with Gasteiger partial charge in [-0.15, -0.1) is 0 Å². The van der Waals surface area contributed by atoms with Crippen molar-refractivity contribution >= 4 is 0 Å². The molecule has 0 bridgehead atoms. The van der Waals surface area contributed by atoms with Gasteiger partial charge < -0.3 is 10.1 Å². The Labute approximate surface area is 99.9 Å². The average molecular weight is 251 g/mol. The van der Waals surface area contributed by atoms with E-state index in [2.05, 4.69) is 5.32 Å². The first-order valence-electron chi connectivity index (χ1n) is 6.41. The van der Waals surface area contributed by atoms with E-state index in [0.29, 0.717) is 0 Å². The van der Waals surface area contributed by atoms with Crippen molar-refractivity contribution < 1.29 is 17.9 Å². The maximum atomic E-state index is 12.2. The summed E-state index contributed by atoms with van der Waals surface area (Å²) in [5.41, 5.74) is 0.00868. The molecular formula is C12H20F3NO. The SMILES string of the molecule is FC(F)(F)COC1CCCCC12CCNCC2. The Hall–Kier alpha value is -0.290. The number of hydrogen-bond acceptors (Lipinski definition) is 2. The zero-order chi connectivity index (χ0) is 12.4. The van der Waals surface area contributed by atoms with E-state index in [0.717, 1.165) is 51.6 Å². The third-order valence-corrected chi connectivity index (χ3v) is 4.12. The van der Waals surface area contributed by atoms with Crippen molar-refractivity contribution in [3.05, 3.63) is 0 Å². The lowest BCUT2D eigenvalue weighted by Gasteiger charge is -2.46. The maximum absolute atomic E-state index is 12.2. The molecule has 1 spiro atoms. The summed E-state index contributed by atoms with van der Waals surface area (Å²) in [4.78, 5) is 0. The molecule has 2 aliphatic rings. The summed E-state index contributed by atoms with van der Waals surface area (Å²) in [5, 5.41) is 3.27. The highest BCUT2D eigenvalue weighted by atomic mass is 19.4. The van der Waals surface area contributed by atoms with Gasteiger partial charge in [-0.2, -0.15) is 13.2 Å². The van der Waals surface area contributed by atoms with Crippen LogP contribution in [0.25, 0.3) is 0 Å². The minimum Gasteiger partial charge on any atom is -0.368 e. The molecule has 0 radical (unpaired) electrons. The predicted molar refractivity (Wildman–Crippen MR) is 58.8 cm³/mol. The summed E-state index contributed by atoms with van der Waals surface area (Å²) in [5.74, 6) is 0. The molecule has 1 heterocycles. The van der Waals surface area contributed by atoms with Gasteiger partial charge in [0.25, 0.3) is 0 Å². The predicted octanol–water partition coefficient (Wildman–Crippen LogP) is 2.88. The summed E-state index contributed by atoms with van der Waals surface area (Å²) in [6, 6.07) is 0. The molecule has 5 heteroatoms. The highest BCUT2D eigenvalue weighted by Crippen LogP contribution is 2.45. The molecule has 100 valence electrons. The first-order chi connectivity index (χ1) is 8.02. The number of hydrogen-bond donors (Lipinski definition) is 1. The highest BCUT2D eigenvalue weighted by Gasteiger charge is 2.43. The maximum Gasteiger partial charge on any atom is 0.411 e. The minimum absolute atomic E-state index is 0.00868. The molecular weight excluding hydrogens is 231 g/mol. The molecule has 0 aromatic heterocycles. The van der Waals surface area contributed by atoms with Gasteiger partial charge >= 0.3 is 6.18 Å². The average Bonchev–Trinajstić information content (AvgIpc) is 2.28. The van der Waals surface area contributed by atoms with Crippen LogP contribution in [0.1, 0.15) is 38.5 Å². The van der Waals surface area contributed by atoms with E-state index >= 15 is 0 Å². The monoisotopic (exact) mass is 251 g/mol. The number of alkyl halides is 3. The third kappa shape index (κ3) is 3.35. The van der Waals surface area contributed by atoms with Crippen molar-refractivity contribution in [1.82, 2.24) is 5.32 Å². The van der Waals surface area contributed by atoms with Crippen LogP contribution >= 0.6 is 0 Å². The van der Waals surface area contributed by atoms with E-state index in [-0.39, 0.29) is 11.5 Å². The Kier molecular flexibility index (Phi) is 3.98. The van der Waals surface area contributed by atoms with Crippen molar-refractivity contribution in [3.63, 3.8) is 0 Å². The van der Waals surface area contributed by atoms with Gasteiger partial charge in [-0.05, 0) is 44.2 Å². The molecule has 0 aromatic rings. The highest BCUT2D eigenvalue weighted by molar-refractivity contribution is 4.94. The number of halogens is 3. The lowest BCUT2D eigenvalue weighted by atomic mass is 9.66. The second-order valence-electron chi connectivity index (χ2n) is 5.27. The van der Waals surface area contributed by atoms with E-state index in [9.17, 15) is 13.2 Å². The van der Waals surface area contributed by atoms with Gasteiger partial charge in [0.05, 0.1) is 6.10 Å². The third-order valence-electron chi connectivity index (χ3n) is 4.12. The van der Waals surface area contributed by atoms with E-state index in [4.69, 9.17) is 4.74 Å². The van der Waals surface area contributed by atoms with Crippen LogP contribution in [0.3, 0.4) is 0 Å². The molecule has 1 saturated carbocycles. The van der Waals surface area contributed by atoms with Gasteiger partial charge in [0, 0.05) is 0 Å². The van der Waals surface area contributed by atoms with E-state index in [1.54, 1.807) is 0 Å². The fourth-order valence-corrected chi connectivity index (χ4v) is 3.23. The first-order valence-corrected chi connectivity index (χ1v) is 6.41. The van der Waals surface area contributed by atoms with Gasteiger partial charge in [-0.25, -0.2) is 0 Å². The lowest BCUT2D eigenvalue weighted by molar-refractivity contribution is -0.205. The molecule has 17 heavy (non-hydrogen) atoms. The quantitative estimate of drug-likeness (QED) is 0.814. The Morgan fingerprint density at radius 1 is 1.12 bits per heavy atom. The van der Waals surface area contributed by atoms with Crippen molar-refractivity contribution in [2.45, 2.75) is 50.8 Å². The van der Waals surface area contributed by atoms with Crippen molar-refractivity contribution in [2.24, 2.45) is 5.41 Å². The molecule has 0 aromatic carbocycles. The molecule has 1 atom stereocenters. The number of ether oxygens (including phenoxy) is 1. The Morgan fingerprint density at radius 3 is 2.47 bits per heavy atom. The van der Waals surface area contributed by atoms with Gasteiger partial charge in [0.15, 0.2) is 0 Å². The first kappa shape index (κ1) is 13.1. The molecule has 0 amide bonds. The van der Waals surface area contributed by atoms with Crippen LogP contribution in [0.15, 0.2) is 0 Å². The topological polar surface area (TPSA) is 21.3 Å². The van der Waals surface area contributed by atoms with Crippen LogP contribution in [0.2, 0.25) is 0 Å². The van der Waals surface area contributed by atoms with Crippen LogP contribution < -0.4 is 5.32 Å². The summed E-state index contributed by atoms with van der Waals surface area (Å²) in [7, 11) is 0. The van der Waals surface area contributed by atoms with Crippen molar-refractivity contribution in [2.75, 3.05) is 19.7 Å². The van der Waals surface area contributed by atoms with Gasteiger partial charge in [0.1, 0.15) is 6.61 Å². The molecule has 1 aliphatic heterocycles. The molecule has 1 N–H and O–H groups in total. The summed E-state index contributed by atoms with van der Waals surface area (Å²) >= 11 is 0. The smallest absolute Gasteiger partial charge is 0.368 e. The van der Waals surface area contributed by atoms with Gasteiger partial charge in [-0.3, -0.25) is 0 Å². The largest absolute Gasteiger partial charge is 0.411 e. The zero-order valence-electron chi connectivity index (χ0n) is 9.98. The summed E-state index contributed by atoms with van der Waals surface area (Å²) in [6.45, 7) is 0.727.